The summed E-state index contributed by atoms with van der Waals surface area (Å²) in [5.41, 5.74) is 1.01. The Hall–Kier alpha value is -2.72. The van der Waals surface area contributed by atoms with E-state index in [1.165, 1.54) is 40.7 Å². The normalized spacial score (nSPS) is 11.5. The molecule has 0 radical (unpaired) electrons. The van der Waals surface area contributed by atoms with Crippen LogP contribution < -0.4 is 15.4 Å². The van der Waals surface area contributed by atoms with Gasteiger partial charge in [-0.1, -0.05) is 13.8 Å². The molecule has 158 valence electrons. The summed E-state index contributed by atoms with van der Waals surface area (Å²) < 4.78 is 54.7. The molecule has 0 bridgehead atoms. The van der Waals surface area contributed by atoms with Crippen molar-refractivity contribution in [2.24, 2.45) is 0 Å². The summed E-state index contributed by atoms with van der Waals surface area (Å²) in [4.78, 5) is 12.2. The van der Waals surface area contributed by atoms with Crippen molar-refractivity contribution in [3.63, 3.8) is 0 Å². The zero-order valence-electron chi connectivity index (χ0n) is 16.1. The summed E-state index contributed by atoms with van der Waals surface area (Å²) in [5.74, 6) is -0.358. The largest absolute Gasteiger partial charge is 0.435 e. The average molecular weight is 427 g/mol. The van der Waals surface area contributed by atoms with E-state index in [0.29, 0.717) is 24.5 Å². The minimum Gasteiger partial charge on any atom is -0.435 e. The van der Waals surface area contributed by atoms with Gasteiger partial charge in [0.2, 0.25) is 15.9 Å². The van der Waals surface area contributed by atoms with Crippen molar-refractivity contribution in [2.75, 3.05) is 30.3 Å². The number of hydrogen-bond acceptors (Lipinski definition) is 5. The first-order chi connectivity index (χ1) is 13.8. The Balaban J connectivity index is 1.90. The first-order valence-electron chi connectivity index (χ1n) is 8.95. The van der Waals surface area contributed by atoms with E-state index in [1.807, 2.05) is 0 Å². The van der Waals surface area contributed by atoms with Crippen LogP contribution in [0.1, 0.15) is 13.8 Å². The number of carbonyl (C=O) groups is 1. The predicted octanol–water partition coefficient (Wildman–Crippen LogP) is 3.37. The van der Waals surface area contributed by atoms with E-state index in [2.05, 4.69) is 15.4 Å². The first-order valence-corrected chi connectivity index (χ1v) is 10.4. The number of nitrogens with one attached hydrogen (secondary N) is 2. The Morgan fingerprint density at radius 3 is 2.07 bits per heavy atom. The average Bonchev–Trinajstić information content (AvgIpc) is 2.68. The summed E-state index contributed by atoms with van der Waals surface area (Å²) in [6.07, 6.45) is 0. The molecule has 2 N–H and O–H groups in total. The topological polar surface area (TPSA) is 87.7 Å². The molecule has 0 unspecified atom stereocenters. The van der Waals surface area contributed by atoms with Crippen molar-refractivity contribution in [2.45, 2.75) is 25.4 Å². The van der Waals surface area contributed by atoms with Crippen LogP contribution in [0.25, 0.3) is 0 Å². The molecule has 0 aliphatic rings. The number of amides is 1. The summed E-state index contributed by atoms with van der Waals surface area (Å²) in [5, 5.41) is 5.51. The van der Waals surface area contributed by atoms with Gasteiger partial charge >= 0.3 is 6.61 Å². The fraction of sp³-hybridized carbons (Fsp3) is 0.316. The van der Waals surface area contributed by atoms with E-state index in [-0.39, 0.29) is 23.1 Å². The van der Waals surface area contributed by atoms with Gasteiger partial charge in [0.1, 0.15) is 5.75 Å². The van der Waals surface area contributed by atoms with Gasteiger partial charge in [0.25, 0.3) is 0 Å². The van der Waals surface area contributed by atoms with Crippen LogP contribution in [0.3, 0.4) is 0 Å². The van der Waals surface area contributed by atoms with Crippen LogP contribution in [-0.2, 0) is 14.8 Å². The van der Waals surface area contributed by atoms with Gasteiger partial charge in [0.15, 0.2) is 0 Å². The number of hydrogen-bond donors (Lipinski definition) is 2. The molecule has 7 nitrogen and oxygen atoms in total. The molecule has 1 amide bonds. The third kappa shape index (κ3) is 6.40. The molecule has 29 heavy (non-hydrogen) atoms. The molecule has 0 saturated carbocycles. The van der Waals surface area contributed by atoms with Crippen molar-refractivity contribution in [1.29, 1.82) is 0 Å². The zero-order chi connectivity index (χ0) is 21.4. The second-order valence-corrected chi connectivity index (χ2v) is 7.86. The number of nitrogens with zero attached hydrogens (tertiary/aromatic N) is 1. The Morgan fingerprint density at radius 2 is 1.55 bits per heavy atom. The van der Waals surface area contributed by atoms with Crippen molar-refractivity contribution in [1.82, 2.24) is 4.31 Å². The van der Waals surface area contributed by atoms with Crippen LogP contribution >= 0.6 is 0 Å². The fourth-order valence-corrected chi connectivity index (χ4v) is 4.02. The SMILES string of the molecule is CCN(CC)S(=O)(=O)c1ccc(NCC(=O)Nc2ccc(OC(F)F)cc2)cc1. The quantitative estimate of drug-likeness (QED) is 0.607. The predicted molar refractivity (Wildman–Crippen MR) is 107 cm³/mol. The Bertz CT molecular complexity index is 900. The lowest BCUT2D eigenvalue weighted by atomic mass is 10.3. The lowest BCUT2D eigenvalue weighted by Gasteiger charge is -2.18. The van der Waals surface area contributed by atoms with Crippen LogP contribution in [0.15, 0.2) is 53.4 Å². The zero-order valence-corrected chi connectivity index (χ0v) is 16.9. The Kier molecular flexibility index (Phi) is 7.91. The van der Waals surface area contributed by atoms with Gasteiger partial charge in [-0.05, 0) is 48.5 Å². The fourth-order valence-electron chi connectivity index (χ4n) is 2.56. The molecule has 0 fully saturated rings. The van der Waals surface area contributed by atoms with Crippen LogP contribution in [-0.4, -0.2) is 44.9 Å². The van der Waals surface area contributed by atoms with Crippen molar-refractivity contribution in [3.05, 3.63) is 48.5 Å². The van der Waals surface area contributed by atoms with Gasteiger partial charge in [-0.2, -0.15) is 13.1 Å². The number of alkyl halides is 2. The molecular weight excluding hydrogens is 404 g/mol. The molecule has 0 aliphatic carbocycles. The highest BCUT2D eigenvalue weighted by Gasteiger charge is 2.21. The van der Waals surface area contributed by atoms with E-state index in [1.54, 1.807) is 26.0 Å². The highest BCUT2D eigenvalue weighted by Crippen LogP contribution is 2.19. The van der Waals surface area contributed by atoms with Crippen LogP contribution in [0.4, 0.5) is 20.2 Å². The second-order valence-electron chi connectivity index (χ2n) is 5.92. The van der Waals surface area contributed by atoms with Gasteiger partial charge in [-0.15, -0.1) is 0 Å². The number of carbonyl (C=O) groups excluding carboxylic acids is 1. The van der Waals surface area contributed by atoms with Crippen LogP contribution in [0, 0.1) is 0 Å². The van der Waals surface area contributed by atoms with E-state index < -0.39 is 16.6 Å². The van der Waals surface area contributed by atoms with E-state index >= 15 is 0 Å². The molecule has 2 aromatic rings. The Morgan fingerprint density at radius 1 is 1.00 bits per heavy atom. The highest BCUT2D eigenvalue weighted by molar-refractivity contribution is 7.89. The molecule has 0 aromatic heterocycles. The number of halogens is 2. The molecule has 0 spiro atoms. The highest BCUT2D eigenvalue weighted by atomic mass is 32.2. The maximum atomic E-state index is 12.4. The van der Waals surface area contributed by atoms with Gasteiger partial charge in [0.05, 0.1) is 11.4 Å². The van der Waals surface area contributed by atoms with E-state index in [0.717, 1.165) is 0 Å². The van der Waals surface area contributed by atoms with Gasteiger partial charge in [-0.3, -0.25) is 4.79 Å². The van der Waals surface area contributed by atoms with E-state index in [4.69, 9.17) is 0 Å². The summed E-state index contributed by atoms with van der Waals surface area (Å²) >= 11 is 0. The standard InChI is InChI=1S/C19H23F2N3O4S/c1-3-24(4-2)29(26,27)17-11-7-14(8-12-17)22-13-18(25)23-15-5-9-16(10-6-15)28-19(20)21/h5-12,19,22H,3-4,13H2,1-2H3,(H,23,25). The molecule has 2 aromatic carbocycles. The molecular formula is C19H23F2N3O4S. The second kappa shape index (κ2) is 10.2. The lowest BCUT2D eigenvalue weighted by Crippen LogP contribution is -2.30. The van der Waals surface area contributed by atoms with Gasteiger partial charge in [-0.25, -0.2) is 8.42 Å². The summed E-state index contributed by atoms with van der Waals surface area (Å²) in [6, 6.07) is 11.7. The van der Waals surface area contributed by atoms with Crippen LogP contribution in [0.2, 0.25) is 0 Å². The number of ether oxygens (including phenoxy) is 1. The monoisotopic (exact) mass is 427 g/mol. The van der Waals surface area contributed by atoms with Crippen LogP contribution in [0.5, 0.6) is 5.75 Å². The lowest BCUT2D eigenvalue weighted by molar-refractivity contribution is -0.114. The first kappa shape index (κ1) is 22.6. The molecule has 0 heterocycles. The van der Waals surface area contributed by atoms with Crippen molar-refractivity contribution >= 4 is 27.3 Å². The molecule has 10 heteroatoms. The number of rotatable bonds is 10. The maximum absolute atomic E-state index is 12.4. The molecule has 0 atom stereocenters. The van der Waals surface area contributed by atoms with Gasteiger partial charge in [0, 0.05) is 24.5 Å². The third-order valence-electron chi connectivity index (χ3n) is 4.01. The third-order valence-corrected chi connectivity index (χ3v) is 6.08. The minimum absolute atomic E-state index is 0.00382. The van der Waals surface area contributed by atoms with Crippen molar-refractivity contribution < 1.29 is 26.7 Å². The summed E-state index contributed by atoms with van der Waals surface area (Å²) in [6.45, 7) is 1.34. The molecule has 0 aliphatic heterocycles. The number of anilines is 2. The smallest absolute Gasteiger partial charge is 0.387 e. The maximum Gasteiger partial charge on any atom is 0.387 e. The number of sulfonamides is 1. The van der Waals surface area contributed by atoms with E-state index in [9.17, 15) is 22.0 Å². The molecule has 0 saturated heterocycles. The number of benzene rings is 2. The summed E-state index contributed by atoms with van der Waals surface area (Å²) in [7, 11) is -3.53. The van der Waals surface area contributed by atoms with Gasteiger partial charge < -0.3 is 15.4 Å². The Labute approximate surface area is 168 Å². The minimum atomic E-state index is -3.53. The molecule has 2 rings (SSSR count). The van der Waals surface area contributed by atoms with Crippen molar-refractivity contribution in [3.8, 4) is 5.75 Å².